The summed E-state index contributed by atoms with van der Waals surface area (Å²) in [6, 6.07) is 14.2. The highest BCUT2D eigenvalue weighted by Gasteiger charge is 2.19. The zero-order chi connectivity index (χ0) is 17.6. The lowest BCUT2D eigenvalue weighted by Crippen LogP contribution is -2.34. The Kier molecular flexibility index (Phi) is 6.32. The Labute approximate surface area is 150 Å². The van der Waals surface area contributed by atoms with E-state index in [1.54, 1.807) is 18.2 Å². The van der Waals surface area contributed by atoms with E-state index in [4.69, 9.17) is 0 Å². The van der Waals surface area contributed by atoms with Crippen molar-refractivity contribution in [1.29, 1.82) is 0 Å². The molecule has 0 spiro atoms. The lowest BCUT2D eigenvalue weighted by molar-refractivity contribution is -0.116. The molecule has 0 unspecified atom stereocenters. The molecule has 24 heavy (non-hydrogen) atoms. The number of amides is 1. The molecule has 0 bridgehead atoms. The van der Waals surface area contributed by atoms with E-state index in [-0.39, 0.29) is 17.1 Å². The van der Waals surface area contributed by atoms with E-state index in [1.807, 2.05) is 12.1 Å². The fourth-order valence-electron chi connectivity index (χ4n) is 2.35. The first-order valence-electron chi connectivity index (χ1n) is 7.80. The van der Waals surface area contributed by atoms with Gasteiger partial charge in [0, 0.05) is 17.1 Å². The quantitative estimate of drug-likeness (QED) is 0.692. The molecule has 0 aliphatic carbocycles. The van der Waals surface area contributed by atoms with Gasteiger partial charge in [0.2, 0.25) is 5.91 Å². The van der Waals surface area contributed by atoms with Crippen LogP contribution in [0.3, 0.4) is 0 Å². The van der Waals surface area contributed by atoms with Gasteiger partial charge in [-0.2, -0.15) is 0 Å². The van der Waals surface area contributed by atoms with Gasteiger partial charge >= 0.3 is 0 Å². The summed E-state index contributed by atoms with van der Waals surface area (Å²) < 4.78 is 13.9. The first-order chi connectivity index (χ1) is 11.3. The topological polar surface area (TPSA) is 29.1 Å². The molecule has 0 saturated carbocycles. The molecule has 0 fully saturated rings. The molecule has 0 radical (unpaired) electrons. The molecule has 2 rings (SSSR count). The van der Waals surface area contributed by atoms with E-state index in [1.165, 1.54) is 23.8 Å². The molecule has 126 valence electrons. The second kappa shape index (κ2) is 8.25. The Morgan fingerprint density at radius 3 is 2.38 bits per heavy atom. The lowest BCUT2D eigenvalue weighted by Gasteiger charge is -2.25. The summed E-state index contributed by atoms with van der Waals surface area (Å²) in [7, 11) is 0. The van der Waals surface area contributed by atoms with Gasteiger partial charge in [0.1, 0.15) is 5.82 Å². The van der Waals surface area contributed by atoms with E-state index in [0.29, 0.717) is 6.54 Å². The van der Waals surface area contributed by atoms with E-state index in [0.717, 1.165) is 16.5 Å². The van der Waals surface area contributed by atoms with E-state index >= 15 is 0 Å². The van der Waals surface area contributed by atoms with Gasteiger partial charge in [0.25, 0.3) is 0 Å². The van der Waals surface area contributed by atoms with Crippen molar-refractivity contribution in [1.82, 2.24) is 5.32 Å². The van der Waals surface area contributed by atoms with Crippen molar-refractivity contribution in [3.05, 3.63) is 76.0 Å². The molecular formula is C20H21BrFNO. The van der Waals surface area contributed by atoms with Gasteiger partial charge in [-0.05, 0) is 53.3 Å². The Morgan fingerprint density at radius 2 is 1.75 bits per heavy atom. The van der Waals surface area contributed by atoms with Gasteiger partial charge < -0.3 is 5.32 Å². The van der Waals surface area contributed by atoms with Crippen molar-refractivity contribution in [2.24, 2.45) is 5.41 Å². The summed E-state index contributed by atoms with van der Waals surface area (Å²) in [5, 5.41) is 2.93. The molecule has 0 aliphatic rings. The summed E-state index contributed by atoms with van der Waals surface area (Å²) >= 11 is 3.43. The molecule has 2 aromatic carbocycles. The second-order valence-electron chi connectivity index (χ2n) is 6.57. The number of carbonyl (C=O) groups excluding carboxylic acids is 1. The Balaban J connectivity index is 1.85. The van der Waals surface area contributed by atoms with E-state index < -0.39 is 0 Å². The van der Waals surface area contributed by atoms with Crippen molar-refractivity contribution in [3.8, 4) is 0 Å². The maximum absolute atomic E-state index is 12.8. The minimum Gasteiger partial charge on any atom is -0.352 e. The van der Waals surface area contributed by atoms with Crippen LogP contribution in [-0.2, 0) is 11.2 Å². The normalized spacial score (nSPS) is 11.7. The summed E-state index contributed by atoms with van der Waals surface area (Å²) in [5.41, 5.74) is 1.98. The van der Waals surface area contributed by atoms with Crippen LogP contribution < -0.4 is 5.32 Å². The van der Waals surface area contributed by atoms with Crippen molar-refractivity contribution in [2.75, 3.05) is 6.54 Å². The van der Waals surface area contributed by atoms with Gasteiger partial charge in [0.15, 0.2) is 0 Å². The van der Waals surface area contributed by atoms with Gasteiger partial charge in [-0.25, -0.2) is 4.39 Å². The number of rotatable bonds is 6. The largest absolute Gasteiger partial charge is 0.352 e. The van der Waals surface area contributed by atoms with E-state index in [9.17, 15) is 9.18 Å². The molecule has 1 amide bonds. The van der Waals surface area contributed by atoms with Crippen molar-refractivity contribution < 1.29 is 9.18 Å². The smallest absolute Gasteiger partial charge is 0.244 e. The van der Waals surface area contributed by atoms with Crippen molar-refractivity contribution in [2.45, 2.75) is 20.3 Å². The molecule has 0 heterocycles. The number of nitrogens with one attached hydrogen (secondary N) is 1. The second-order valence-corrected chi connectivity index (χ2v) is 7.49. The summed E-state index contributed by atoms with van der Waals surface area (Å²) in [5.74, 6) is -0.436. The fraction of sp³-hybridized carbons (Fsp3) is 0.250. The van der Waals surface area contributed by atoms with E-state index in [2.05, 4.69) is 47.2 Å². The first-order valence-corrected chi connectivity index (χ1v) is 8.59. The zero-order valence-electron chi connectivity index (χ0n) is 13.9. The number of hydrogen-bond donors (Lipinski definition) is 1. The van der Waals surface area contributed by atoms with Gasteiger partial charge in [0.05, 0.1) is 0 Å². The molecule has 4 heteroatoms. The van der Waals surface area contributed by atoms with Crippen LogP contribution in [0.1, 0.15) is 25.0 Å². The standard InChI is InChI=1S/C20H21BrFNO/c1-20(2,13-16-3-8-17(21)9-4-16)14-23-19(24)12-7-15-5-10-18(22)11-6-15/h3-12H,13-14H2,1-2H3,(H,23,24)/b12-7+. The molecular weight excluding hydrogens is 369 g/mol. The number of carbonyl (C=O) groups is 1. The van der Waals surface area contributed by atoms with Gasteiger partial charge in [-0.3, -0.25) is 4.79 Å². The molecule has 0 atom stereocenters. The Bertz CT molecular complexity index is 705. The Hall–Kier alpha value is -1.94. The number of hydrogen-bond acceptors (Lipinski definition) is 1. The Morgan fingerprint density at radius 1 is 1.12 bits per heavy atom. The number of halogens is 2. The van der Waals surface area contributed by atoms with Crippen molar-refractivity contribution >= 4 is 27.9 Å². The first kappa shape index (κ1) is 18.4. The lowest BCUT2D eigenvalue weighted by atomic mass is 9.85. The average molecular weight is 390 g/mol. The molecule has 1 N–H and O–H groups in total. The van der Waals surface area contributed by atoms with Crippen LogP contribution in [-0.4, -0.2) is 12.5 Å². The predicted octanol–water partition coefficient (Wildman–Crippen LogP) is 4.99. The minimum atomic E-state index is -0.286. The van der Waals surface area contributed by atoms with Crippen LogP contribution in [0.4, 0.5) is 4.39 Å². The number of benzene rings is 2. The van der Waals surface area contributed by atoms with Crippen LogP contribution in [0, 0.1) is 11.2 Å². The van der Waals surface area contributed by atoms with Crippen LogP contribution in [0.2, 0.25) is 0 Å². The van der Waals surface area contributed by atoms with Crippen LogP contribution in [0.25, 0.3) is 6.08 Å². The SMILES string of the molecule is CC(C)(CNC(=O)/C=C/c1ccc(F)cc1)Cc1ccc(Br)cc1. The summed E-state index contributed by atoms with van der Waals surface area (Å²) in [6.07, 6.45) is 4.03. The highest BCUT2D eigenvalue weighted by Crippen LogP contribution is 2.22. The molecule has 0 aromatic heterocycles. The minimum absolute atomic E-state index is 0.0484. The fourth-order valence-corrected chi connectivity index (χ4v) is 2.61. The highest BCUT2D eigenvalue weighted by atomic mass is 79.9. The van der Waals surface area contributed by atoms with Gasteiger partial charge in [-0.1, -0.05) is 54.0 Å². The molecule has 0 aliphatic heterocycles. The third kappa shape index (κ3) is 6.28. The predicted molar refractivity (Wildman–Crippen MR) is 100 cm³/mol. The zero-order valence-corrected chi connectivity index (χ0v) is 15.4. The summed E-state index contributed by atoms with van der Waals surface area (Å²) in [4.78, 5) is 11.9. The average Bonchev–Trinajstić information content (AvgIpc) is 2.54. The third-order valence-electron chi connectivity index (χ3n) is 3.63. The third-order valence-corrected chi connectivity index (χ3v) is 4.16. The molecule has 2 nitrogen and oxygen atoms in total. The molecule has 0 saturated heterocycles. The van der Waals surface area contributed by atoms with Crippen molar-refractivity contribution in [3.63, 3.8) is 0 Å². The monoisotopic (exact) mass is 389 g/mol. The van der Waals surface area contributed by atoms with Crippen LogP contribution in [0.5, 0.6) is 0 Å². The highest BCUT2D eigenvalue weighted by molar-refractivity contribution is 9.10. The maximum Gasteiger partial charge on any atom is 0.244 e. The van der Waals surface area contributed by atoms with Gasteiger partial charge in [-0.15, -0.1) is 0 Å². The van der Waals surface area contributed by atoms with Crippen LogP contribution in [0.15, 0.2) is 59.1 Å². The van der Waals surface area contributed by atoms with Crippen LogP contribution >= 0.6 is 15.9 Å². The molecule has 2 aromatic rings. The maximum atomic E-state index is 12.8. The summed E-state index contributed by atoms with van der Waals surface area (Å²) in [6.45, 7) is 4.83.